The second-order valence-electron chi connectivity index (χ2n) is 8.29. The van der Waals surface area contributed by atoms with Crippen molar-refractivity contribution < 1.29 is 22.8 Å². The fourth-order valence-electron chi connectivity index (χ4n) is 4.22. The minimum absolute atomic E-state index is 0.146. The Hall–Kier alpha value is -3.87. The average Bonchev–Trinajstić information content (AvgIpc) is 3.23. The molecule has 0 unspecified atom stereocenters. The second-order valence-corrected chi connectivity index (χ2v) is 8.29. The quantitative estimate of drug-likeness (QED) is 0.271. The summed E-state index contributed by atoms with van der Waals surface area (Å²) in [5.41, 5.74) is 3.24. The maximum atomic E-state index is 13.5. The van der Waals surface area contributed by atoms with Gasteiger partial charge in [-0.05, 0) is 80.9 Å². The highest BCUT2D eigenvalue weighted by Gasteiger charge is 2.30. The zero-order valence-electron chi connectivity index (χ0n) is 19.7. The molecule has 4 rings (SSSR count). The molecule has 2 aromatic heterocycles. The topological polar surface area (TPSA) is 41.8 Å². The highest BCUT2D eigenvalue weighted by Crippen LogP contribution is 2.34. The number of nitrogens with zero attached hydrogens (tertiary/aromatic N) is 2. The third-order valence-corrected chi connectivity index (χ3v) is 6.19. The van der Waals surface area contributed by atoms with E-state index in [4.69, 9.17) is 0 Å². The van der Waals surface area contributed by atoms with Crippen LogP contribution in [0.1, 0.15) is 52.7 Å². The molecule has 0 atom stereocenters. The Morgan fingerprint density at radius 2 is 1.49 bits per heavy atom. The number of ketones is 2. The fraction of sp³-hybridized carbons (Fsp3) is 0.214. The molecular formula is C28H25F3N2O2. The molecule has 0 N–H and O–H groups in total. The maximum Gasteiger partial charge on any atom is 0.416 e. The van der Waals surface area contributed by atoms with Gasteiger partial charge in [0, 0.05) is 41.7 Å². The van der Waals surface area contributed by atoms with E-state index in [1.807, 2.05) is 12.1 Å². The number of carbonyl (C=O) groups excluding carboxylic acids is 2. The number of hydrogen-bond acceptors (Lipinski definition) is 3. The van der Waals surface area contributed by atoms with E-state index in [-0.39, 0.29) is 11.6 Å². The SMILES string of the molecule is CCN(CC)c1ccc(C(=O)c2cc(-c3ccc(C(F)(F)F)cc3)c3cc(C(C)=O)ccn23)cc1. The fourth-order valence-corrected chi connectivity index (χ4v) is 4.22. The van der Waals surface area contributed by atoms with E-state index in [0.717, 1.165) is 30.9 Å². The highest BCUT2D eigenvalue weighted by molar-refractivity contribution is 6.10. The van der Waals surface area contributed by atoms with E-state index < -0.39 is 11.7 Å². The van der Waals surface area contributed by atoms with Gasteiger partial charge in [0.15, 0.2) is 5.78 Å². The smallest absolute Gasteiger partial charge is 0.372 e. The number of carbonyl (C=O) groups is 2. The number of rotatable bonds is 7. The number of pyridine rings is 1. The first-order valence-corrected chi connectivity index (χ1v) is 11.4. The van der Waals surface area contributed by atoms with Crippen LogP contribution in [0.5, 0.6) is 0 Å². The van der Waals surface area contributed by atoms with Crippen molar-refractivity contribution in [1.82, 2.24) is 4.40 Å². The Kier molecular flexibility index (Phi) is 6.52. The van der Waals surface area contributed by atoms with Crippen molar-refractivity contribution in [2.75, 3.05) is 18.0 Å². The van der Waals surface area contributed by atoms with Crippen molar-refractivity contribution in [3.8, 4) is 11.1 Å². The number of alkyl halides is 3. The minimum atomic E-state index is -4.44. The largest absolute Gasteiger partial charge is 0.416 e. The van der Waals surface area contributed by atoms with E-state index in [2.05, 4.69) is 18.7 Å². The molecule has 7 heteroatoms. The van der Waals surface area contributed by atoms with E-state index in [0.29, 0.717) is 33.5 Å². The molecule has 35 heavy (non-hydrogen) atoms. The summed E-state index contributed by atoms with van der Waals surface area (Å²) in [7, 11) is 0. The molecule has 2 heterocycles. The zero-order valence-corrected chi connectivity index (χ0v) is 19.7. The summed E-state index contributed by atoms with van der Waals surface area (Å²) in [5, 5.41) is 0. The van der Waals surface area contributed by atoms with E-state index in [9.17, 15) is 22.8 Å². The predicted octanol–water partition coefficient (Wildman–Crippen LogP) is 6.90. The predicted molar refractivity (Wildman–Crippen MR) is 131 cm³/mol. The molecule has 0 spiro atoms. The van der Waals surface area contributed by atoms with Gasteiger partial charge < -0.3 is 9.30 Å². The summed E-state index contributed by atoms with van der Waals surface area (Å²) in [6.45, 7) is 7.26. The summed E-state index contributed by atoms with van der Waals surface area (Å²) in [5.74, 6) is -0.369. The first-order chi connectivity index (χ1) is 16.6. The Morgan fingerprint density at radius 1 is 0.857 bits per heavy atom. The van der Waals surface area contributed by atoms with Crippen LogP contribution in [-0.2, 0) is 6.18 Å². The van der Waals surface area contributed by atoms with Crippen molar-refractivity contribution in [1.29, 1.82) is 0 Å². The Bertz CT molecular complexity index is 1380. The van der Waals surface area contributed by atoms with Crippen LogP contribution in [0.4, 0.5) is 18.9 Å². The number of aromatic nitrogens is 1. The van der Waals surface area contributed by atoms with Crippen LogP contribution in [0.2, 0.25) is 0 Å². The molecular weight excluding hydrogens is 453 g/mol. The first-order valence-electron chi connectivity index (χ1n) is 11.4. The Balaban J connectivity index is 1.81. The Morgan fingerprint density at radius 3 is 2.03 bits per heavy atom. The van der Waals surface area contributed by atoms with Gasteiger partial charge in [0.05, 0.1) is 16.8 Å². The third-order valence-electron chi connectivity index (χ3n) is 6.19. The lowest BCUT2D eigenvalue weighted by Crippen LogP contribution is -2.21. The maximum absolute atomic E-state index is 13.5. The van der Waals surface area contributed by atoms with Crippen molar-refractivity contribution in [3.05, 3.63) is 95.3 Å². The summed E-state index contributed by atoms with van der Waals surface area (Å²) in [6.07, 6.45) is -2.79. The van der Waals surface area contributed by atoms with Gasteiger partial charge in [-0.2, -0.15) is 13.2 Å². The number of hydrogen-bond donors (Lipinski definition) is 0. The molecule has 0 fully saturated rings. The van der Waals surface area contributed by atoms with Gasteiger partial charge in [-0.15, -0.1) is 0 Å². The number of benzene rings is 2. The van der Waals surface area contributed by atoms with Gasteiger partial charge in [0.2, 0.25) is 5.78 Å². The monoisotopic (exact) mass is 478 g/mol. The average molecular weight is 479 g/mol. The van der Waals surface area contributed by atoms with E-state index in [1.165, 1.54) is 19.1 Å². The number of halogens is 3. The molecule has 2 aromatic carbocycles. The molecule has 0 aliphatic carbocycles. The Labute approximate surface area is 201 Å². The zero-order chi connectivity index (χ0) is 25.3. The lowest BCUT2D eigenvalue weighted by atomic mass is 10.0. The van der Waals surface area contributed by atoms with E-state index in [1.54, 1.807) is 40.9 Å². The van der Waals surface area contributed by atoms with Gasteiger partial charge in [0.25, 0.3) is 0 Å². The minimum Gasteiger partial charge on any atom is -0.372 e. The summed E-state index contributed by atoms with van der Waals surface area (Å²) >= 11 is 0. The molecule has 180 valence electrons. The van der Waals surface area contributed by atoms with Gasteiger partial charge in [0.1, 0.15) is 0 Å². The molecule has 0 saturated carbocycles. The van der Waals surface area contributed by atoms with Crippen molar-refractivity contribution in [2.45, 2.75) is 26.9 Å². The standard InChI is InChI=1S/C28H25F3N2O2/c1-4-32(5-2)23-12-8-20(9-13-23)27(35)26-17-24(19-6-10-22(11-7-19)28(29,30)31)25-16-21(18(3)34)14-15-33(25)26/h6-17H,4-5H2,1-3H3. The van der Waals surface area contributed by atoms with Crippen LogP contribution in [-0.4, -0.2) is 29.1 Å². The molecule has 4 nitrogen and oxygen atoms in total. The van der Waals surface area contributed by atoms with Gasteiger partial charge in [-0.25, -0.2) is 0 Å². The lowest BCUT2D eigenvalue weighted by Gasteiger charge is -2.21. The van der Waals surface area contributed by atoms with Crippen molar-refractivity contribution in [3.63, 3.8) is 0 Å². The molecule has 0 amide bonds. The molecule has 4 aromatic rings. The number of anilines is 1. The van der Waals surface area contributed by atoms with E-state index >= 15 is 0 Å². The lowest BCUT2D eigenvalue weighted by molar-refractivity contribution is -0.137. The van der Waals surface area contributed by atoms with Crippen molar-refractivity contribution in [2.24, 2.45) is 0 Å². The molecule has 0 aliphatic rings. The van der Waals surface area contributed by atoms with Gasteiger partial charge in [-0.3, -0.25) is 9.59 Å². The molecule has 0 saturated heterocycles. The normalized spacial score (nSPS) is 11.6. The van der Waals surface area contributed by atoms with Crippen LogP contribution in [0.15, 0.2) is 72.9 Å². The molecule has 0 radical (unpaired) electrons. The molecule has 0 bridgehead atoms. The van der Waals surface area contributed by atoms with Crippen LogP contribution < -0.4 is 4.90 Å². The number of Topliss-reactive ketones (excluding diaryl/α,β-unsaturated/α-hetero) is 1. The summed E-state index contributed by atoms with van der Waals surface area (Å²) in [4.78, 5) is 27.6. The van der Waals surface area contributed by atoms with Crippen LogP contribution in [0.25, 0.3) is 16.6 Å². The van der Waals surface area contributed by atoms with Crippen LogP contribution in [0, 0.1) is 0 Å². The van der Waals surface area contributed by atoms with Crippen molar-refractivity contribution >= 4 is 22.8 Å². The third kappa shape index (κ3) is 4.71. The van der Waals surface area contributed by atoms with Gasteiger partial charge >= 0.3 is 6.18 Å². The second kappa shape index (κ2) is 9.41. The highest BCUT2D eigenvalue weighted by atomic mass is 19.4. The first kappa shape index (κ1) is 24.3. The number of fused-ring (bicyclic) bond motifs is 1. The summed E-state index contributed by atoms with van der Waals surface area (Å²) < 4.78 is 40.8. The summed E-state index contributed by atoms with van der Waals surface area (Å²) in [6, 6.07) is 17.1. The molecule has 0 aliphatic heterocycles. The van der Waals surface area contributed by atoms with Crippen LogP contribution >= 0.6 is 0 Å². The van der Waals surface area contributed by atoms with Gasteiger partial charge in [-0.1, -0.05) is 12.1 Å². The van der Waals surface area contributed by atoms with Crippen LogP contribution in [0.3, 0.4) is 0 Å².